The Morgan fingerprint density at radius 3 is 2.58 bits per heavy atom. The van der Waals surface area contributed by atoms with E-state index in [1.54, 1.807) is 6.92 Å². The summed E-state index contributed by atoms with van der Waals surface area (Å²) in [5.74, 6) is 0.752. The molecule has 0 unspecified atom stereocenters. The van der Waals surface area contributed by atoms with Crippen LogP contribution >= 0.6 is 11.6 Å². The van der Waals surface area contributed by atoms with Gasteiger partial charge in [0.2, 0.25) is 0 Å². The summed E-state index contributed by atoms with van der Waals surface area (Å²) in [4.78, 5) is 12.9. The third-order valence-corrected chi connectivity index (χ3v) is 8.75. The van der Waals surface area contributed by atoms with Gasteiger partial charge in [-0.25, -0.2) is 23.4 Å². The number of methoxy groups -OCH3 is 1. The van der Waals surface area contributed by atoms with Gasteiger partial charge in [-0.1, -0.05) is 17.7 Å². The fraction of sp³-hybridized carbons (Fsp3) is 0.542. The first-order valence-corrected chi connectivity index (χ1v) is 14.0. The van der Waals surface area contributed by atoms with Gasteiger partial charge in [-0.2, -0.15) is 0 Å². The number of aryl methyl sites for hydroxylation is 1. The van der Waals surface area contributed by atoms with E-state index in [0.717, 1.165) is 25.0 Å². The molecule has 0 radical (unpaired) electrons. The Bertz CT molecular complexity index is 1280. The van der Waals surface area contributed by atoms with E-state index in [-0.39, 0.29) is 23.7 Å². The molecule has 0 aromatic carbocycles. The van der Waals surface area contributed by atoms with Crippen molar-refractivity contribution in [3.8, 4) is 11.5 Å². The van der Waals surface area contributed by atoms with Crippen LogP contribution in [0, 0.1) is 6.92 Å². The number of aromatic nitrogens is 6. The van der Waals surface area contributed by atoms with Crippen LogP contribution < -0.4 is 0 Å². The first-order valence-electron chi connectivity index (χ1n) is 11.9. The standard InChI is InChI=1S/C24H31ClN6O4S/c1-15-8-7-9-19(28-15)24-30-29-21(31(24)16(2)20-10-5-6-11-35-20)14-36(32,33)17(3)22(34-4)23-26-12-18(25)13-27-23/h7-9,12-13,16-17,20,22H,5-6,10-11,14H2,1-4H3/t16-,17+,20+,22+/m1/s1. The number of sulfone groups is 1. The smallest absolute Gasteiger partial charge is 0.182 e. The first-order chi connectivity index (χ1) is 17.2. The topological polar surface area (TPSA) is 122 Å². The van der Waals surface area contributed by atoms with Gasteiger partial charge in [0.1, 0.15) is 23.4 Å². The van der Waals surface area contributed by atoms with E-state index in [4.69, 9.17) is 21.1 Å². The highest BCUT2D eigenvalue weighted by Crippen LogP contribution is 2.31. The molecule has 1 saturated heterocycles. The largest absolute Gasteiger partial charge is 0.376 e. The van der Waals surface area contributed by atoms with Crippen LogP contribution in [-0.2, 0) is 25.1 Å². The second-order valence-electron chi connectivity index (χ2n) is 9.05. The highest BCUT2D eigenvalue weighted by atomic mass is 35.5. The molecule has 0 N–H and O–H groups in total. The minimum Gasteiger partial charge on any atom is -0.376 e. The normalized spacial score (nSPS) is 19.1. The molecule has 1 aliphatic rings. The zero-order valence-electron chi connectivity index (χ0n) is 20.8. The van der Waals surface area contributed by atoms with E-state index in [1.165, 1.54) is 19.5 Å². The van der Waals surface area contributed by atoms with Crippen molar-refractivity contribution in [1.29, 1.82) is 0 Å². The summed E-state index contributed by atoms with van der Waals surface area (Å²) in [6, 6.07) is 5.46. The summed E-state index contributed by atoms with van der Waals surface area (Å²) in [6.07, 6.45) is 4.82. The molecular weight excluding hydrogens is 504 g/mol. The molecule has 194 valence electrons. The maximum Gasteiger partial charge on any atom is 0.182 e. The summed E-state index contributed by atoms with van der Waals surface area (Å²) in [7, 11) is -2.34. The van der Waals surface area contributed by atoms with Gasteiger partial charge in [-0.3, -0.25) is 0 Å². The van der Waals surface area contributed by atoms with Gasteiger partial charge >= 0.3 is 0 Å². The van der Waals surface area contributed by atoms with Crippen LogP contribution in [0.4, 0.5) is 0 Å². The Balaban J connectivity index is 1.70. The third-order valence-electron chi connectivity index (χ3n) is 6.52. The van der Waals surface area contributed by atoms with Crippen molar-refractivity contribution in [2.45, 2.75) is 69.3 Å². The summed E-state index contributed by atoms with van der Waals surface area (Å²) in [6.45, 7) is 6.17. The molecule has 0 saturated carbocycles. The number of ether oxygens (including phenoxy) is 2. The van der Waals surface area contributed by atoms with E-state index in [1.807, 2.05) is 36.6 Å². The SMILES string of the molecule is CO[C@H](c1ncc(Cl)cn1)[C@H](C)S(=O)(=O)Cc1nnc(-c2cccc(C)n2)n1[C@H](C)[C@@H]1CCCCO1. The molecule has 0 aliphatic carbocycles. The van der Waals surface area contributed by atoms with Gasteiger partial charge in [0.25, 0.3) is 0 Å². The average molecular weight is 535 g/mol. The van der Waals surface area contributed by atoms with Crippen molar-refractivity contribution in [1.82, 2.24) is 29.7 Å². The van der Waals surface area contributed by atoms with Gasteiger partial charge in [-0.05, 0) is 52.2 Å². The lowest BCUT2D eigenvalue weighted by Crippen LogP contribution is -2.32. The molecule has 4 heterocycles. The lowest BCUT2D eigenvalue weighted by atomic mass is 10.0. The second-order valence-corrected chi connectivity index (χ2v) is 11.8. The predicted molar refractivity (Wildman–Crippen MR) is 135 cm³/mol. The maximum atomic E-state index is 13.6. The highest BCUT2D eigenvalue weighted by molar-refractivity contribution is 7.91. The number of hydrogen-bond donors (Lipinski definition) is 0. The van der Waals surface area contributed by atoms with E-state index in [2.05, 4.69) is 25.1 Å². The molecular formula is C24H31ClN6O4S. The molecule has 3 aromatic heterocycles. The lowest BCUT2D eigenvalue weighted by Gasteiger charge is -2.30. The van der Waals surface area contributed by atoms with Crippen LogP contribution in [0.5, 0.6) is 0 Å². The van der Waals surface area contributed by atoms with Gasteiger partial charge in [0.15, 0.2) is 21.5 Å². The Morgan fingerprint density at radius 1 is 1.19 bits per heavy atom. The third kappa shape index (κ3) is 5.74. The van der Waals surface area contributed by atoms with E-state index >= 15 is 0 Å². The molecule has 1 aliphatic heterocycles. The molecule has 4 rings (SSSR count). The van der Waals surface area contributed by atoms with Crippen LogP contribution in [0.2, 0.25) is 5.02 Å². The maximum absolute atomic E-state index is 13.6. The van der Waals surface area contributed by atoms with Crippen molar-refractivity contribution in [3.63, 3.8) is 0 Å². The first kappa shape index (κ1) is 26.6. The summed E-state index contributed by atoms with van der Waals surface area (Å²) in [5, 5.41) is 8.11. The van der Waals surface area contributed by atoms with E-state index in [0.29, 0.717) is 29.0 Å². The molecule has 0 amide bonds. The zero-order valence-corrected chi connectivity index (χ0v) is 22.4. The zero-order chi connectivity index (χ0) is 25.9. The van der Waals surface area contributed by atoms with Gasteiger partial charge in [0, 0.05) is 31.8 Å². The number of nitrogens with zero attached hydrogens (tertiary/aromatic N) is 6. The summed E-state index contributed by atoms with van der Waals surface area (Å²) < 4.78 is 40.6. The molecule has 12 heteroatoms. The molecule has 1 fully saturated rings. The van der Waals surface area contributed by atoms with Gasteiger partial charge in [0.05, 0.1) is 22.4 Å². The quantitative estimate of drug-likeness (QED) is 0.402. The Hall–Kier alpha value is -2.47. The average Bonchev–Trinajstić information content (AvgIpc) is 3.28. The van der Waals surface area contributed by atoms with Crippen LogP contribution in [0.3, 0.4) is 0 Å². The Labute approximate surface area is 216 Å². The van der Waals surface area contributed by atoms with Crippen molar-refractivity contribution in [3.05, 3.63) is 53.0 Å². The Morgan fingerprint density at radius 2 is 1.94 bits per heavy atom. The number of pyridine rings is 1. The van der Waals surface area contributed by atoms with Crippen molar-refractivity contribution < 1.29 is 17.9 Å². The minimum atomic E-state index is -3.77. The second kappa shape index (κ2) is 11.3. The van der Waals surface area contributed by atoms with E-state index < -0.39 is 21.2 Å². The van der Waals surface area contributed by atoms with Crippen LogP contribution in [-0.4, -0.2) is 63.2 Å². The van der Waals surface area contributed by atoms with Gasteiger partial charge < -0.3 is 14.0 Å². The van der Waals surface area contributed by atoms with Crippen molar-refractivity contribution in [2.75, 3.05) is 13.7 Å². The Kier molecular flexibility index (Phi) is 8.34. The van der Waals surface area contributed by atoms with Crippen LogP contribution in [0.1, 0.15) is 62.6 Å². The molecule has 36 heavy (non-hydrogen) atoms. The summed E-state index contributed by atoms with van der Waals surface area (Å²) in [5.41, 5.74) is 1.46. The molecule has 0 bridgehead atoms. The monoisotopic (exact) mass is 534 g/mol. The molecule has 3 aromatic rings. The predicted octanol–water partition coefficient (Wildman–Crippen LogP) is 3.91. The number of rotatable bonds is 9. The van der Waals surface area contributed by atoms with E-state index in [9.17, 15) is 8.42 Å². The summed E-state index contributed by atoms with van der Waals surface area (Å²) >= 11 is 5.89. The molecule has 0 spiro atoms. The van der Waals surface area contributed by atoms with Crippen LogP contribution in [0.15, 0.2) is 30.6 Å². The number of hydrogen-bond acceptors (Lipinski definition) is 9. The van der Waals surface area contributed by atoms with Crippen molar-refractivity contribution >= 4 is 21.4 Å². The highest BCUT2D eigenvalue weighted by Gasteiger charge is 2.36. The minimum absolute atomic E-state index is 0.0774. The van der Waals surface area contributed by atoms with Crippen LogP contribution in [0.25, 0.3) is 11.5 Å². The lowest BCUT2D eigenvalue weighted by molar-refractivity contribution is -0.0125. The fourth-order valence-electron chi connectivity index (χ4n) is 4.48. The van der Waals surface area contributed by atoms with Crippen molar-refractivity contribution in [2.24, 2.45) is 0 Å². The molecule has 4 atom stereocenters. The number of halogens is 1. The fourth-order valence-corrected chi connectivity index (χ4v) is 6.01. The van der Waals surface area contributed by atoms with Gasteiger partial charge in [-0.15, -0.1) is 10.2 Å². The molecule has 10 nitrogen and oxygen atoms in total.